The molecule has 0 spiro atoms. The molecule has 0 radical (unpaired) electrons. The van der Waals surface area contributed by atoms with E-state index in [4.69, 9.17) is 20.0 Å². The van der Waals surface area contributed by atoms with Crippen molar-refractivity contribution in [2.75, 3.05) is 5.32 Å². The van der Waals surface area contributed by atoms with E-state index in [0.717, 1.165) is 22.3 Å². The first-order valence-corrected chi connectivity index (χ1v) is 17.8. The standard InChI is InChI=1S/C46H35N7O2/c1-29-17-9-11-23-33(29)45(54)52-43-39(35-25-13-15-27-47-35)37(31-19-5-3-6-20-31)41(50-43)49-42-38(32-21-7-4-8-22-32)40(36-26-14-16-28-48-36)44(51-42)53-46(55)34-24-12-10-18-30(34)2/h3-28,50H,1-2H3,(H,52,54)(H,49,51,53,55). The number of carbonyl (C=O) groups excluding carboxylic acids is 2. The number of carbonyl (C=O) groups is 2. The van der Waals surface area contributed by atoms with Gasteiger partial charge in [0.25, 0.3) is 11.8 Å². The largest absolute Gasteiger partial charge is 0.325 e. The predicted octanol–water partition coefficient (Wildman–Crippen LogP) is 9.49. The number of anilines is 1. The van der Waals surface area contributed by atoms with Crippen molar-refractivity contribution in [1.82, 2.24) is 20.3 Å². The third kappa shape index (κ3) is 7.02. The van der Waals surface area contributed by atoms with E-state index < -0.39 is 0 Å². The van der Waals surface area contributed by atoms with Gasteiger partial charge in [-0.15, -0.1) is 0 Å². The number of rotatable bonds is 8. The molecule has 9 nitrogen and oxygen atoms in total. The third-order valence-electron chi connectivity index (χ3n) is 9.34. The van der Waals surface area contributed by atoms with Gasteiger partial charge < -0.3 is 15.6 Å². The first kappa shape index (κ1) is 34.6. The highest BCUT2D eigenvalue weighted by Gasteiger charge is 2.32. The van der Waals surface area contributed by atoms with E-state index in [2.05, 4.69) is 15.6 Å². The first-order valence-electron chi connectivity index (χ1n) is 17.8. The maximum absolute atomic E-state index is 13.9. The highest BCUT2D eigenvalue weighted by Crippen LogP contribution is 2.45. The fourth-order valence-electron chi connectivity index (χ4n) is 6.69. The number of aromatic nitrogens is 3. The summed E-state index contributed by atoms with van der Waals surface area (Å²) in [6.07, 6.45) is 3.43. The summed E-state index contributed by atoms with van der Waals surface area (Å²) in [7, 11) is 0. The van der Waals surface area contributed by atoms with Crippen LogP contribution >= 0.6 is 0 Å². The maximum Gasteiger partial charge on any atom is 0.257 e. The van der Waals surface area contributed by atoms with Crippen molar-refractivity contribution in [3.63, 3.8) is 0 Å². The van der Waals surface area contributed by atoms with E-state index in [1.54, 1.807) is 24.5 Å². The van der Waals surface area contributed by atoms with Crippen LogP contribution in [0.25, 0.3) is 33.5 Å². The molecule has 1 aliphatic heterocycles. The number of benzene rings is 4. The molecule has 0 saturated carbocycles. The Hall–Kier alpha value is -7.52. The maximum atomic E-state index is 13.9. The summed E-state index contributed by atoms with van der Waals surface area (Å²) in [5, 5.41) is 6.23. The molecule has 3 N–H and O–H groups in total. The van der Waals surface area contributed by atoms with Crippen LogP contribution in [0.3, 0.4) is 0 Å². The molecule has 266 valence electrons. The number of aryl methyl sites for hydroxylation is 2. The Morgan fingerprint density at radius 1 is 0.545 bits per heavy atom. The molecular formula is C46H35N7O2. The lowest BCUT2D eigenvalue weighted by Crippen LogP contribution is -2.31. The first-order chi connectivity index (χ1) is 27.0. The van der Waals surface area contributed by atoms with Gasteiger partial charge in [-0.2, -0.15) is 0 Å². The van der Waals surface area contributed by atoms with Crippen molar-refractivity contribution in [2.45, 2.75) is 13.8 Å². The molecule has 3 aromatic heterocycles. The van der Waals surface area contributed by atoms with Gasteiger partial charge in [0.15, 0.2) is 5.84 Å². The van der Waals surface area contributed by atoms with Crippen molar-refractivity contribution in [1.29, 1.82) is 0 Å². The fourth-order valence-corrected chi connectivity index (χ4v) is 6.69. The number of hydrogen-bond donors (Lipinski definition) is 3. The Morgan fingerprint density at radius 2 is 1.07 bits per heavy atom. The summed E-state index contributed by atoms with van der Waals surface area (Å²) >= 11 is 0. The SMILES string of the molecule is Cc1ccccc1C(=O)NC1=NC(=Nc2[nH]c(NC(=O)c3ccccc3C)c(-c3ccccn3)c2-c2ccccc2)C(c2ccccc2)=C1c1ccccn1. The van der Waals surface area contributed by atoms with E-state index in [9.17, 15) is 9.59 Å². The zero-order chi connectivity index (χ0) is 37.7. The zero-order valence-electron chi connectivity index (χ0n) is 30.1. The van der Waals surface area contributed by atoms with E-state index in [0.29, 0.717) is 68.1 Å². The average Bonchev–Trinajstić information content (AvgIpc) is 3.76. The van der Waals surface area contributed by atoms with Gasteiger partial charge in [-0.1, -0.05) is 109 Å². The molecule has 4 heterocycles. The van der Waals surface area contributed by atoms with Crippen LogP contribution in [-0.4, -0.2) is 38.4 Å². The van der Waals surface area contributed by atoms with Gasteiger partial charge in [0, 0.05) is 34.7 Å². The van der Waals surface area contributed by atoms with Crippen molar-refractivity contribution in [2.24, 2.45) is 9.98 Å². The quantitative estimate of drug-likeness (QED) is 0.145. The van der Waals surface area contributed by atoms with Crippen LogP contribution in [0, 0.1) is 13.8 Å². The second-order valence-corrected chi connectivity index (χ2v) is 12.9. The number of aromatic amines is 1. The molecule has 7 aromatic rings. The summed E-state index contributed by atoms with van der Waals surface area (Å²) in [6.45, 7) is 3.80. The van der Waals surface area contributed by atoms with Crippen molar-refractivity contribution in [3.05, 3.63) is 191 Å². The molecule has 2 amide bonds. The summed E-state index contributed by atoms with van der Waals surface area (Å²) in [5.41, 5.74) is 8.36. The highest BCUT2D eigenvalue weighted by atomic mass is 16.2. The van der Waals surface area contributed by atoms with Crippen LogP contribution in [0.15, 0.2) is 168 Å². The van der Waals surface area contributed by atoms with Gasteiger partial charge in [0.05, 0.1) is 22.5 Å². The minimum Gasteiger partial charge on any atom is -0.325 e. The van der Waals surface area contributed by atoms with E-state index in [1.165, 1.54) is 0 Å². The van der Waals surface area contributed by atoms with E-state index in [-0.39, 0.29) is 11.8 Å². The van der Waals surface area contributed by atoms with Gasteiger partial charge in [-0.3, -0.25) is 19.6 Å². The Balaban J connectivity index is 1.38. The van der Waals surface area contributed by atoms with Crippen LogP contribution in [0.5, 0.6) is 0 Å². The number of aliphatic imine (C=N–C) groups is 2. The van der Waals surface area contributed by atoms with Crippen LogP contribution in [0.2, 0.25) is 0 Å². The second kappa shape index (κ2) is 15.2. The zero-order valence-corrected chi connectivity index (χ0v) is 30.1. The number of amidine groups is 2. The summed E-state index contributed by atoms with van der Waals surface area (Å²) in [5.74, 6) is 0.937. The Kier molecular flexibility index (Phi) is 9.56. The summed E-state index contributed by atoms with van der Waals surface area (Å²) in [4.78, 5) is 51.0. The number of pyridine rings is 2. The Morgan fingerprint density at radius 3 is 1.65 bits per heavy atom. The Labute approximate surface area is 318 Å². The van der Waals surface area contributed by atoms with Gasteiger partial charge in [0.1, 0.15) is 17.5 Å². The lowest BCUT2D eigenvalue weighted by Gasteiger charge is -2.12. The number of nitrogens with zero attached hydrogens (tertiary/aromatic N) is 4. The smallest absolute Gasteiger partial charge is 0.257 e. The molecule has 0 unspecified atom stereocenters. The van der Waals surface area contributed by atoms with Crippen LogP contribution in [0.1, 0.15) is 43.1 Å². The monoisotopic (exact) mass is 717 g/mol. The van der Waals surface area contributed by atoms with Gasteiger partial charge in [-0.25, -0.2) is 9.98 Å². The van der Waals surface area contributed by atoms with Crippen molar-refractivity contribution in [3.8, 4) is 22.4 Å². The third-order valence-corrected chi connectivity index (χ3v) is 9.34. The normalized spacial score (nSPS) is 13.1. The number of hydrogen-bond acceptors (Lipinski definition) is 5. The van der Waals surface area contributed by atoms with Crippen LogP contribution < -0.4 is 10.6 Å². The molecule has 0 bridgehead atoms. The molecule has 0 saturated heterocycles. The fraction of sp³-hybridized carbons (Fsp3) is 0.0435. The average molecular weight is 718 g/mol. The van der Waals surface area contributed by atoms with Gasteiger partial charge in [-0.05, 0) is 72.5 Å². The van der Waals surface area contributed by atoms with Crippen molar-refractivity contribution >= 4 is 46.3 Å². The molecule has 4 aromatic carbocycles. The molecule has 1 aliphatic rings. The molecule has 9 heteroatoms. The molecule has 0 atom stereocenters. The van der Waals surface area contributed by atoms with Crippen LogP contribution in [-0.2, 0) is 0 Å². The number of amides is 2. The van der Waals surface area contributed by atoms with Crippen LogP contribution in [0.4, 0.5) is 11.6 Å². The minimum atomic E-state index is -0.303. The topological polar surface area (TPSA) is 124 Å². The lowest BCUT2D eigenvalue weighted by atomic mass is 9.97. The number of nitrogens with one attached hydrogen (secondary N) is 3. The Bertz CT molecular complexity index is 2630. The van der Waals surface area contributed by atoms with E-state index >= 15 is 0 Å². The lowest BCUT2D eigenvalue weighted by molar-refractivity contribution is 0.0975. The van der Waals surface area contributed by atoms with Gasteiger partial charge in [0.2, 0.25) is 0 Å². The predicted molar refractivity (Wildman–Crippen MR) is 219 cm³/mol. The molecule has 0 fully saturated rings. The van der Waals surface area contributed by atoms with Gasteiger partial charge >= 0.3 is 0 Å². The van der Waals surface area contributed by atoms with Crippen molar-refractivity contribution < 1.29 is 9.59 Å². The summed E-state index contributed by atoms with van der Waals surface area (Å²) in [6, 6.07) is 45.8. The number of H-pyrrole nitrogens is 1. The second-order valence-electron chi connectivity index (χ2n) is 12.9. The molecule has 55 heavy (non-hydrogen) atoms. The minimum absolute atomic E-state index is 0.280. The summed E-state index contributed by atoms with van der Waals surface area (Å²) < 4.78 is 0. The molecule has 0 aliphatic carbocycles. The molecule has 8 rings (SSSR count). The highest BCUT2D eigenvalue weighted by molar-refractivity contribution is 6.51. The molecular weight excluding hydrogens is 683 g/mol. The van der Waals surface area contributed by atoms with E-state index in [1.807, 2.05) is 147 Å².